The van der Waals surface area contributed by atoms with Crippen LogP contribution in [0, 0.1) is 0 Å². The topological polar surface area (TPSA) is 104 Å². The molecule has 2 amide bonds. The van der Waals surface area contributed by atoms with Crippen molar-refractivity contribution in [2.24, 2.45) is 0 Å². The Balaban J connectivity index is 1.16. The number of hydrogen-bond donors (Lipinski definition) is 4. The van der Waals surface area contributed by atoms with Crippen molar-refractivity contribution in [2.45, 2.75) is 71.0 Å². The number of nitrogens with one attached hydrogen (secondary N) is 4. The number of H-pyrrole nitrogens is 1. The molecule has 0 saturated carbocycles. The summed E-state index contributed by atoms with van der Waals surface area (Å²) >= 11 is 0. The first-order valence-electron chi connectivity index (χ1n) is 18.9. The van der Waals surface area contributed by atoms with Gasteiger partial charge in [-0.05, 0) is 84.1 Å². The number of amides is 2. The van der Waals surface area contributed by atoms with Crippen molar-refractivity contribution in [1.82, 2.24) is 10.3 Å². The average molecular weight is 753 g/mol. The van der Waals surface area contributed by atoms with Gasteiger partial charge in [-0.15, -0.1) is 0 Å². The molecule has 9 heteroatoms. The monoisotopic (exact) mass is 752 g/mol. The molecule has 0 radical (unpaired) electrons. The Morgan fingerprint density at radius 1 is 0.782 bits per heavy atom. The van der Waals surface area contributed by atoms with Gasteiger partial charge in [-0.3, -0.25) is 4.79 Å². The van der Waals surface area contributed by atoms with Gasteiger partial charge in [0.25, 0.3) is 0 Å². The highest BCUT2D eigenvalue weighted by Crippen LogP contribution is 2.41. The summed E-state index contributed by atoms with van der Waals surface area (Å²) in [5.74, 6) is 0.621. The molecule has 284 valence electrons. The minimum atomic E-state index is -2.23. The van der Waals surface area contributed by atoms with E-state index in [0.29, 0.717) is 30.1 Å². The van der Waals surface area contributed by atoms with E-state index in [1.165, 1.54) is 0 Å². The first-order valence-corrected chi connectivity index (χ1v) is 21.8. The van der Waals surface area contributed by atoms with Crippen LogP contribution in [0.4, 0.5) is 16.2 Å². The fraction of sp³-hybridized carbons (Fsp3) is 0.261. The maximum absolute atomic E-state index is 13.2. The molecule has 4 N–H and O–H groups in total. The first-order chi connectivity index (χ1) is 26.4. The Hall–Kier alpha value is -5.48. The third-order valence-electron chi connectivity index (χ3n) is 10.4. The van der Waals surface area contributed by atoms with Crippen LogP contribution >= 0.6 is 0 Å². The summed E-state index contributed by atoms with van der Waals surface area (Å²) in [6, 6.07) is 43.0. The number of rotatable bonds is 14. The minimum absolute atomic E-state index is 0.0108. The van der Waals surface area contributed by atoms with E-state index in [1.54, 1.807) is 6.07 Å². The molecule has 55 heavy (non-hydrogen) atoms. The predicted octanol–water partition coefficient (Wildman–Crippen LogP) is 10.7. The first kappa shape index (κ1) is 39.2. The van der Waals surface area contributed by atoms with Crippen LogP contribution in [0.5, 0.6) is 5.75 Å². The summed E-state index contributed by atoms with van der Waals surface area (Å²) in [4.78, 5) is 28.8. The summed E-state index contributed by atoms with van der Waals surface area (Å²) in [5, 5.41) is 10.7. The Labute approximate surface area is 325 Å². The molecule has 1 unspecified atom stereocenters. The van der Waals surface area contributed by atoms with Gasteiger partial charge in [-0.1, -0.05) is 118 Å². The van der Waals surface area contributed by atoms with Crippen LogP contribution in [0.3, 0.4) is 0 Å². The van der Waals surface area contributed by atoms with Crippen LogP contribution in [-0.4, -0.2) is 31.9 Å². The van der Waals surface area contributed by atoms with E-state index in [9.17, 15) is 9.59 Å². The molecule has 0 spiro atoms. The zero-order valence-corrected chi connectivity index (χ0v) is 33.6. The van der Waals surface area contributed by atoms with Crippen LogP contribution in [0.2, 0.25) is 18.1 Å². The molecule has 8 nitrogen and oxygen atoms in total. The molecule has 6 aromatic rings. The van der Waals surface area contributed by atoms with Crippen molar-refractivity contribution < 1.29 is 14.0 Å². The van der Waals surface area contributed by atoms with Crippen LogP contribution in [0.1, 0.15) is 50.5 Å². The normalized spacial score (nSPS) is 12.9. The second-order valence-electron chi connectivity index (χ2n) is 15.6. The lowest BCUT2D eigenvalue weighted by atomic mass is 10.0. The molecule has 6 rings (SSSR count). The quantitative estimate of drug-likeness (QED) is 0.0830. The van der Waals surface area contributed by atoms with Gasteiger partial charge in [-0.25, -0.2) is 4.79 Å². The van der Waals surface area contributed by atoms with Crippen molar-refractivity contribution in [3.63, 3.8) is 0 Å². The van der Waals surface area contributed by atoms with Gasteiger partial charge < -0.3 is 30.1 Å². The Morgan fingerprint density at radius 3 is 2.22 bits per heavy atom. The smallest absolute Gasteiger partial charge is 0.323 e. The lowest BCUT2D eigenvalue weighted by molar-refractivity contribution is 0.177. The number of anilines is 2. The van der Waals surface area contributed by atoms with E-state index in [2.05, 4.69) is 73.9 Å². The number of hydrogen-bond acceptors (Lipinski definition) is 5. The number of benzene rings is 5. The van der Waals surface area contributed by atoms with E-state index in [4.69, 9.17) is 9.16 Å². The van der Waals surface area contributed by atoms with E-state index < -0.39 is 8.32 Å². The maximum atomic E-state index is 13.2. The zero-order valence-electron chi connectivity index (χ0n) is 32.6. The fourth-order valence-electron chi connectivity index (χ4n) is 6.39. The van der Waals surface area contributed by atoms with Crippen molar-refractivity contribution in [2.75, 3.05) is 17.2 Å². The van der Waals surface area contributed by atoms with Crippen molar-refractivity contribution in [1.29, 1.82) is 0 Å². The van der Waals surface area contributed by atoms with Crippen LogP contribution in [-0.2, 0) is 17.5 Å². The van der Waals surface area contributed by atoms with Crippen molar-refractivity contribution in [3.05, 3.63) is 161 Å². The van der Waals surface area contributed by atoms with Crippen LogP contribution in [0.15, 0.2) is 138 Å². The maximum Gasteiger partial charge on any atom is 0.323 e. The average Bonchev–Trinajstić information content (AvgIpc) is 3.16. The Kier molecular flexibility index (Phi) is 12.4. The summed E-state index contributed by atoms with van der Waals surface area (Å²) in [6.45, 7) is 14.4. The molecule has 1 aromatic heterocycles. The number of ether oxygens (including phenoxy) is 1. The highest BCUT2D eigenvalue weighted by Gasteiger charge is 2.40. The highest BCUT2D eigenvalue weighted by molar-refractivity contribution is 6.74. The largest absolute Gasteiger partial charge is 0.487 e. The molecule has 0 aliphatic rings. The van der Waals surface area contributed by atoms with Gasteiger partial charge in [-0.2, -0.15) is 0 Å². The molecular formula is C46H52N4O4Si. The number of carbonyl (C=O) groups excluding carboxylic acids is 1. The second kappa shape index (κ2) is 17.3. The number of pyridine rings is 1. The third-order valence-corrected chi connectivity index (χ3v) is 14.8. The van der Waals surface area contributed by atoms with E-state index in [-0.39, 0.29) is 28.8 Å². The highest BCUT2D eigenvalue weighted by atomic mass is 28.4. The van der Waals surface area contributed by atoms with Crippen molar-refractivity contribution >= 4 is 36.6 Å². The number of fused-ring (bicyclic) bond motifs is 1. The van der Waals surface area contributed by atoms with Gasteiger partial charge in [0.2, 0.25) is 5.56 Å². The number of carbonyl (C=O) groups is 1. The number of aromatic amines is 1. The minimum Gasteiger partial charge on any atom is -0.487 e. The lowest BCUT2D eigenvalue weighted by Crippen LogP contribution is -2.44. The fourth-order valence-corrected chi connectivity index (χ4v) is 7.66. The summed E-state index contributed by atoms with van der Waals surface area (Å²) in [6.07, 6.45) is 0.455. The second-order valence-corrected chi connectivity index (χ2v) is 20.4. The van der Waals surface area contributed by atoms with E-state index in [0.717, 1.165) is 45.3 Å². The molecule has 0 saturated heterocycles. The molecule has 0 fully saturated rings. The molecule has 0 bridgehead atoms. The van der Waals surface area contributed by atoms with Gasteiger partial charge >= 0.3 is 6.03 Å². The number of aromatic nitrogens is 1. The number of urea groups is 1. The number of para-hydroxylation sites is 1. The third kappa shape index (κ3) is 10.2. The van der Waals surface area contributed by atoms with Gasteiger partial charge in [0, 0.05) is 35.3 Å². The molecule has 5 aromatic carbocycles. The van der Waals surface area contributed by atoms with E-state index >= 15 is 0 Å². The SMILES string of the molecule is CC(Cc1cccc(NC(=O)Nc2ccccc2-c2ccccc2)c1)NC[C@H](O[Si](C)(C)C(C)(C)C)c1ccc(OCc2ccccc2)c2[nH]c(=O)ccc12. The molecule has 1 heterocycles. The van der Waals surface area contributed by atoms with E-state index in [1.807, 2.05) is 115 Å². The predicted molar refractivity (Wildman–Crippen MR) is 228 cm³/mol. The molecular weight excluding hydrogens is 701 g/mol. The van der Waals surface area contributed by atoms with Gasteiger partial charge in [0.05, 0.1) is 17.3 Å². The lowest BCUT2D eigenvalue weighted by Gasteiger charge is -2.40. The summed E-state index contributed by atoms with van der Waals surface area (Å²) < 4.78 is 13.4. The van der Waals surface area contributed by atoms with Crippen LogP contribution in [0.25, 0.3) is 22.0 Å². The standard InChI is InChI=1S/C46H52N4O4Si/c1-32(28-34-18-15-21-36(29-34)48-45(52)49-40-23-14-13-22-37(40)35-19-11-8-12-20-35)47-30-42(54-55(5,6)46(2,3)4)38-24-26-41(44-39(38)25-27-43(51)50-44)53-31-33-16-9-7-10-17-33/h7-27,29,32,42,47H,28,30-31H2,1-6H3,(H,50,51)(H2,48,49,52)/t32?,42-/m0/s1. The summed E-state index contributed by atoms with van der Waals surface area (Å²) in [5.41, 5.74) is 7.05. The van der Waals surface area contributed by atoms with Gasteiger partial charge in [0.15, 0.2) is 8.32 Å². The molecule has 2 atom stereocenters. The summed E-state index contributed by atoms with van der Waals surface area (Å²) in [7, 11) is -2.23. The Morgan fingerprint density at radius 2 is 1.47 bits per heavy atom. The van der Waals surface area contributed by atoms with Gasteiger partial charge in [0.1, 0.15) is 12.4 Å². The molecule has 0 aliphatic carbocycles. The Bertz CT molecular complexity index is 2270. The zero-order chi connectivity index (χ0) is 39.0. The van der Waals surface area contributed by atoms with Crippen molar-refractivity contribution in [3.8, 4) is 16.9 Å². The van der Waals surface area contributed by atoms with Crippen LogP contribution < -0.4 is 26.2 Å². The molecule has 0 aliphatic heterocycles.